The molecule has 166 valence electrons. The average molecular weight is 406 g/mol. The minimum Gasteiger partial charge on any atom is -0.394 e. The Morgan fingerprint density at radius 2 is 1.54 bits per heavy atom. The summed E-state index contributed by atoms with van der Waals surface area (Å²) in [5.41, 5.74) is 0. The fourth-order valence-electron chi connectivity index (χ4n) is 3.50. The zero-order chi connectivity index (χ0) is 20.9. The molecule has 1 saturated heterocycles. The van der Waals surface area contributed by atoms with Crippen molar-refractivity contribution in [1.82, 2.24) is 5.32 Å². The molecule has 8 nitrogen and oxygen atoms in total. The normalized spacial score (nSPS) is 28.9. The molecule has 1 aliphatic heterocycles. The van der Waals surface area contributed by atoms with E-state index in [-0.39, 0.29) is 6.42 Å². The lowest BCUT2D eigenvalue weighted by atomic mass is 9.96. The van der Waals surface area contributed by atoms with E-state index in [0.29, 0.717) is 6.42 Å². The highest BCUT2D eigenvalue weighted by Crippen LogP contribution is 2.20. The molecule has 8 heteroatoms. The van der Waals surface area contributed by atoms with E-state index in [0.717, 1.165) is 19.3 Å². The number of hydrogen-bond donors (Lipinski definition) is 6. The van der Waals surface area contributed by atoms with Crippen LogP contribution in [-0.4, -0.2) is 74.8 Å². The summed E-state index contributed by atoms with van der Waals surface area (Å²) in [5.74, 6) is -0.537. The molecule has 0 aromatic carbocycles. The number of aliphatic hydroxyl groups excluding tert-OH is 5. The van der Waals surface area contributed by atoms with E-state index in [2.05, 4.69) is 12.2 Å². The van der Waals surface area contributed by atoms with Crippen LogP contribution in [0.5, 0.6) is 0 Å². The molecule has 0 bridgehead atoms. The maximum absolute atomic E-state index is 12.1. The summed E-state index contributed by atoms with van der Waals surface area (Å²) >= 11 is 0. The van der Waals surface area contributed by atoms with E-state index in [1.54, 1.807) is 0 Å². The average Bonchev–Trinajstić information content (AvgIpc) is 2.66. The number of aliphatic hydroxyl groups is 5. The van der Waals surface area contributed by atoms with Crippen molar-refractivity contribution in [2.24, 2.45) is 0 Å². The summed E-state index contributed by atoms with van der Waals surface area (Å²) in [5, 5.41) is 51.1. The lowest BCUT2D eigenvalue weighted by molar-refractivity contribution is -0.254. The topological polar surface area (TPSA) is 139 Å². The van der Waals surface area contributed by atoms with Crippen LogP contribution in [-0.2, 0) is 9.53 Å². The Kier molecular flexibility index (Phi) is 12.9. The molecule has 6 atom stereocenters. The van der Waals surface area contributed by atoms with Gasteiger partial charge < -0.3 is 35.6 Å². The minimum atomic E-state index is -1.55. The Morgan fingerprint density at radius 3 is 2.11 bits per heavy atom. The van der Waals surface area contributed by atoms with Gasteiger partial charge in [0.15, 0.2) is 6.29 Å². The molecule has 28 heavy (non-hydrogen) atoms. The smallest absolute Gasteiger partial charge is 0.223 e. The van der Waals surface area contributed by atoms with Crippen LogP contribution in [0.2, 0.25) is 0 Å². The monoisotopic (exact) mass is 405 g/mol. The summed E-state index contributed by atoms with van der Waals surface area (Å²) in [4.78, 5) is 12.1. The summed E-state index contributed by atoms with van der Waals surface area (Å²) in [6.45, 7) is 1.64. The standard InChI is InChI=1S/C20H39NO7/c1-2-3-4-5-6-7-8-9-10-11-14(23)12-16(24)21-17-19(26)18(25)15(13-22)28-20(17)27/h14-15,17-20,22-23,25-27H,2-13H2,1H3,(H,21,24)/t14?,15-,17-,18-,19-,20+/m1/s1. The SMILES string of the molecule is CCCCCCCCCCCC(O)CC(=O)N[C@@H]1[C@@H](O)[C@H](O)[C@@H](CO)O[C@@H]1O. The number of unbranched alkanes of at least 4 members (excludes halogenated alkanes) is 8. The molecule has 1 fully saturated rings. The highest BCUT2D eigenvalue weighted by atomic mass is 16.6. The third-order valence-corrected chi connectivity index (χ3v) is 5.29. The second kappa shape index (κ2) is 14.3. The van der Waals surface area contributed by atoms with Gasteiger partial charge in [-0.25, -0.2) is 0 Å². The quantitative estimate of drug-likeness (QED) is 0.232. The van der Waals surface area contributed by atoms with Crippen LogP contribution < -0.4 is 5.32 Å². The van der Waals surface area contributed by atoms with E-state index in [4.69, 9.17) is 9.84 Å². The number of nitrogens with one attached hydrogen (secondary N) is 1. The Balaban J connectivity index is 2.17. The van der Waals surface area contributed by atoms with Crippen molar-refractivity contribution >= 4 is 5.91 Å². The number of hydrogen-bond acceptors (Lipinski definition) is 7. The molecule has 1 unspecified atom stereocenters. The number of amides is 1. The van der Waals surface area contributed by atoms with E-state index in [1.807, 2.05) is 0 Å². The predicted molar refractivity (Wildman–Crippen MR) is 104 cm³/mol. The van der Waals surface area contributed by atoms with Gasteiger partial charge in [-0.05, 0) is 6.42 Å². The number of carbonyl (C=O) groups is 1. The van der Waals surface area contributed by atoms with Crippen LogP contribution in [0.25, 0.3) is 0 Å². The minimum absolute atomic E-state index is 0.146. The lowest BCUT2D eigenvalue weighted by Crippen LogP contribution is -2.64. The summed E-state index contributed by atoms with van der Waals surface area (Å²) in [7, 11) is 0. The third kappa shape index (κ3) is 9.15. The van der Waals surface area contributed by atoms with E-state index < -0.39 is 49.3 Å². The third-order valence-electron chi connectivity index (χ3n) is 5.29. The first kappa shape index (κ1) is 25.3. The summed E-state index contributed by atoms with van der Waals surface area (Å²) in [6, 6.07) is -1.22. The molecule has 1 amide bonds. The van der Waals surface area contributed by atoms with Gasteiger partial charge in [0.2, 0.25) is 5.91 Å². The van der Waals surface area contributed by atoms with Crippen LogP contribution in [0.1, 0.15) is 77.6 Å². The second-order valence-corrected chi connectivity index (χ2v) is 7.80. The van der Waals surface area contributed by atoms with Gasteiger partial charge >= 0.3 is 0 Å². The second-order valence-electron chi connectivity index (χ2n) is 7.80. The highest BCUT2D eigenvalue weighted by molar-refractivity contribution is 5.76. The van der Waals surface area contributed by atoms with Gasteiger partial charge in [-0.1, -0.05) is 64.7 Å². The molecule has 0 aromatic rings. The van der Waals surface area contributed by atoms with Crippen LogP contribution >= 0.6 is 0 Å². The Morgan fingerprint density at radius 1 is 0.964 bits per heavy atom. The summed E-state index contributed by atoms with van der Waals surface area (Å²) < 4.78 is 4.99. The molecule has 0 radical (unpaired) electrons. The van der Waals surface area contributed by atoms with Crippen molar-refractivity contribution in [2.75, 3.05) is 6.61 Å². The van der Waals surface area contributed by atoms with Gasteiger partial charge in [0, 0.05) is 0 Å². The van der Waals surface area contributed by atoms with Gasteiger partial charge in [0.1, 0.15) is 24.4 Å². The number of carbonyl (C=O) groups excluding carboxylic acids is 1. The molecular formula is C20H39NO7. The van der Waals surface area contributed by atoms with Gasteiger partial charge in [-0.2, -0.15) is 0 Å². The van der Waals surface area contributed by atoms with Crippen molar-refractivity contribution in [3.05, 3.63) is 0 Å². The zero-order valence-electron chi connectivity index (χ0n) is 17.0. The van der Waals surface area contributed by atoms with Crippen molar-refractivity contribution in [2.45, 2.75) is 114 Å². The maximum Gasteiger partial charge on any atom is 0.223 e. The lowest BCUT2D eigenvalue weighted by Gasteiger charge is -2.40. The molecular weight excluding hydrogens is 366 g/mol. The first-order chi connectivity index (χ1) is 13.4. The summed E-state index contributed by atoms with van der Waals surface area (Å²) in [6.07, 6.45) is 4.61. The largest absolute Gasteiger partial charge is 0.394 e. The van der Waals surface area contributed by atoms with Gasteiger partial charge in [0.25, 0.3) is 0 Å². The highest BCUT2D eigenvalue weighted by Gasteiger charge is 2.44. The number of rotatable bonds is 14. The fourth-order valence-corrected chi connectivity index (χ4v) is 3.50. The van der Waals surface area contributed by atoms with Crippen LogP contribution in [0, 0.1) is 0 Å². The Labute approximate surface area is 167 Å². The molecule has 6 N–H and O–H groups in total. The molecule has 0 spiro atoms. The van der Waals surface area contributed by atoms with Crippen LogP contribution in [0.15, 0.2) is 0 Å². The first-order valence-corrected chi connectivity index (χ1v) is 10.7. The predicted octanol–water partition coefficient (Wildman–Crippen LogP) is 0.574. The Bertz CT molecular complexity index is 423. The molecule has 1 aliphatic rings. The van der Waals surface area contributed by atoms with Crippen LogP contribution in [0.3, 0.4) is 0 Å². The maximum atomic E-state index is 12.1. The zero-order valence-corrected chi connectivity index (χ0v) is 17.0. The van der Waals surface area contributed by atoms with E-state index in [1.165, 1.54) is 38.5 Å². The molecule has 0 aromatic heterocycles. The Hall–Kier alpha value is -0.770. The van der Waals surface area contributed by atoms with Crippen molar-refractivity contribution < 1.29 is 35.1 Å². The van der Waals surface area contributed by atoms with Gasteiger partial charge in [-0.15, -0.1) is 0 Å². The van der Waals surface area contributed by atoms with Crippen LogP contribution in [0.4, 0.5) is 0 Å². The molecule has 0 aliphatic carbocycles. The fraction of sp³-hybridized carbons (Fsp3) is 0.950. The van der Waals surface area contributed by atoms with Crippen molar-refractivity contribution in [3.8, 4) is 0 Å². The van der Waals surface area contributed by atoms with E-state index in [9.17, 15) is 25.2 Å². The van der Waals surface area contributed by atoms with Gasteiger partial charge in [-0.3, -0.25) is 4.79 Å². The first-order valence-electron chi connectivity index (χ1n) is 10.7. The number of ether oxygens (including phenoxy) is 1. The van der Waals surface area contributed by atoms with Crippen molar-refractivity contribution in [1.29, 1.82) is 0 Å². The molecule has 1 rings (SSSR count). The van der Waals surface area contributed by atoms with Crippen molar-refractivity contribution in [3.63, 3.8) is 0 Å². The molecule has 0 saturated carbocycles. The van der Waals surface area contributed by atoms with Gasteiger partial charge in [0.05, 0.1) is 19.1 Å². The van der Waals surface area contributed by atoms with E-state index >= 15 is 0 Å². The molecule has 1 heterocycles.